The zero-order valence-electron chi connectivity index (χ0n) is 8.90. The van der Waals surface area contributed by atoms with Crippen molar-refractivity contribution in [3.05, 3.63) is 0 Å². The molecule has 0 aromatic carbocycles. The minimum absolute atomic E-state index is 0.316. The highest BCUT2D eigenvalue weighted by Crippen LogP contribution is 2.18. The van der Waals surface area contributed by atoms with E-state index in [-0.39, 0.29) is 0 Å². The van der Waals surface area contributed by atoms with E-state index < -0.39 is 0 Å². The molecule has 0 amide bonds. The number of nitrogens with two attached hydrogens (primary N) is 1. The molecule has 0 aliphatic rings. The monoisotopic (exact) mass is 220 g/mol. The Morgan fingerprint density at radius 1 is 1.64 bits per heavy atom. The summed E-state index contributed by atoms with van der Waals surface area (Å²) in [5, 5.41) is 11.8. The number of methoxy groups -OCH3 is 1. The van der Waals surface area contributed by atoms with Gasteiger partial charge in [-0.15, -0.1) is 0 Å². The summed E-state index contributed by atoms with van der Waals surface area (Å²) in [6, 6.07) is 0. The number of ether oxygens (including phenoxy) is 1. The fraction of sp³-hybridized carbons (Fsp3) is 0.889. The molecule has 0 radical (unpaired) electrons. The van der Waals surface area contributed by atoms with Crippen LogP contribution in [0.4, 0.5) is 0 Å². The summed E-state index contributed by atoms with van der Waals surface area (Å²) in [5.74, 6) is 1.38. The van der Waals surface area contributed by atoms with Crippen LogP contribution in [-0.2, 0) is 4.74 Å². The van der Waals surface area contributed by atoms with Crippen molar-refractivity contribution in [1.29, 1.82) is 0 Å². The van der Waals surface area contributed by atoms with Gasteiger partial charge < -0.3 is 15.7 Å². The van der Waals surface area contributed by atoms with Gasteiger partial charge in [0.15, 0.2) is 0 Å². The summed E-state index contributed by atoms with van der Waals surface area (Å²) >= 11 is 1.85. The number of thioether (sulfide) groups is 1. The second-order valence-electron chi connectivity index (χ2n) is 3.04. The van der Waals surface area contributed by atoms with Crippen LogP contribution in [0.25, 0.3) is 0 Å². The van der Waals surface area contributed by atoms with Gasteiger partial charge in [-0.2, -0.15) is 11.8 Å². The van der Waals surface area contributed by atoms with Crippen LogP contribution in [0.2, 0.25) is 0 Å². The van der Waals surface area contributed by atoms with Crippen molar-refractivity contribution in [2.24, 2.45) is 10.9 Å². The van der Waals surface area contributed by atoms with Crippen LogP contribution >= 0.6 is 11.8 Å². The largest absolute Gasteiger partial charge is 0.409 e. The minimum atomic E-state index is 0.316. The maximum absolute atomic E-state index is 8.42. The van der Waals surface area contributed by atoms with Crippen molar-refractivity contribution in [3.63, 3.8) is 0 Å². The summed E-state index contributed by atoms with van der Waals surface area (Å²) in [6.45, 7) is 2.91. The highest BCUT2D eigenvalue weighted by atomic mass is 32.2. The molecule has 0 heterocycles. The lowest BCUT2D eigenvalue weighted by molar-refractivity contribution is 0.200. The average molecular weight is 220 g/mol. The highest BCUT2D eigenvalue weighted by Gasteiger charge is 2.08. The number of hydrogen-bond acceptors (Lipinski definition) is 4. The van der Waals surface area contributed by atoms with Crippen molar-refractivity contribution in [1.82, 2.24) is 0 Å². The summed E-state index contributed by atoms with van der Waals surface area (Å²) < 4.78 is 4.96. The Kier molecular flexibility index (Phi) is 8.87. The summed E-state index contributed by atoms with van der Waals surface area (Å²) in [7, 11) is 1.71. The van der Waals surface area contributed by atoms with Crippen LogP contribution in [0, 0.1) is 0 Å². The van der Waals surface area contributed by atoms with Gasteiger partial charge in [-0.25, -0.2) is 0 Å². The first-order valence-corrected chi connectivity index (χ1v) is 5.86. The van der Waals surface area contributed by atoms with Gasteiger partial charge in [-0.1, -0.05) is 12.1 Å². The number of nitrogens with zero attached hydrogens (tertiary/aromatic N) is 1. The topological polar surface area (TPSA) is 67.8 Å². The van der Waals surface area contributed by atoms with Crippen molar-refractivity contribution in [2.45, 2.75) is 31.4 Å². The second kappa shape index (κ2) is 9.15. The molecule has 1 atom stereocenters. The van der Waals surface area contributed by atoms with Crippen LogP contribution in [0.15, 0.2) is 5.16 Å². The van der Waals surface area contributed by atoms with Gasteiger partial charge in [-0.05, 0) is 18.6 Å². The summed E-state index contributed by atoms with van der Waals surface area (Å²) in [5.41, 5.74) is 5.44. The van der Waals surface area contributed by atoms with E-state index >= 15 is 0 Å². The summed E-state index contributed by atoms with van der Waals surface area (Å²) in [4.78, 5) is 0. The Hall–Kier alpha value is -0.420. The molecule has 1 unspecified atom stereocenters. The average Bonchev–Trinajstić information content (AvgIpc) is 2.22. The van der Waals surface area contributed by atoms with E-state index in [0.29, 0.717) is 17.5 Å². The molecule has 0 aromatic rings. The van der Waals surface area contributed by atoms with E-state index in [1.54, 1.807) is 7.11 Å². The maximum Gasteiger partial charge on any atom is 0.140 e. The lowest BCUT2D eigenvalue weighted by Gasteiger charge is -2.12. The Morgan fingerprint density at radius 2 is 2.36 bits per heavy atom. The molecule has 0 saturated carbocycles. The van der Waals surface area contributed by atoms with E-state index in [4.69, 9.17) is 15.7 Å². The molecule has 0 aliphatic heterocycles. The smallest absolute Gasteiger partial charge is 0.140 e. The predicted octanol–water partition coefficient (Wildman–Crippen LogP) is 1.67. The fourth-order valence-corrected chi connectivity index (χ4v) is 2.19. The Bertz CT molecular complexity index is 165. The molecular weight excluding hydrogens is 200 g/mol. The van der Waals surface area contributed by atoms with Crippen LogP contribution in [0.5, 0.6) is 0 Å². The van der Waals surface area contributed by atoms with E-state index in [0.717, 1.165) is 25.2 Å². The van der Waals surface area contributed by atoms with Gasteiger partial charge in [0.25, 0.3) is 0 Å². The first kappa shape index (κ1) is 13.6. The lowest BCUT2D eigenvalue weighted by Crippen LogP contribution is -2.18. The van der Waals surface area contributed by atoms with Crippen LogP contribution in [0.1, 0.15) is 26.2 Å². The molecule has 0 rings (SSSR count). The molecule has 5 heteroatoms. The third-order valence-corrected chi connectivity index (χ3v) is 3.36. The SMILES string of the molecule is CCC(CC(N)=NO)SCCCOC. The van der Waals surface area contributed by atoms with Crippen LogP contribution in [-0.4, -0.2) is 35.8 Å². The van der Waals surface area contributed by atoms with Crippen molar-refractivity contribution in [3.8, 4) is 0 Å². The Labute approximate surface area is 89.9 Å². The van der Waals surface area contributed by atoms with E-state index in [1.165, 1.54) is 0 Å². The highest BCUT2D eigenvalue weighted by molar-refractivity contribution is 7.99. The molecule has 84 valence electrons. The zero-order valence-corrected chi connectivity index (χ0v) is 9.72. The van der Waals surface area contributed by atoms with Gasteiger partial charge in [0.2, 0.25) is 0 Å². The Balaban J connectivity index is 3.58. The molecule has 3 N–H and O–H groups in total. The number of hydrogen-bond donors (Lipinski definition) is 2. The molecule has 0 saturated heterocycles. The van der Waals surface area contributed by atoms with Crippen LogP contribution in [0.3, 0.4) is 0 Å². The zero-order chi connectivity index (χ0) is 10.8. The molecular formula is C9H20N2O2S. The molecule has 0 aliphatic carbocycles. The molecule has 0 spiro atoms. The molecule has 0 fully saturated rings. The van der Waals surface area contributed by atoms with Crippen molar-refractivity contribution in [2.75, 3.05) is 19.5 Å². The van der Waals surface area contributed by atoms with Crippen molar-refractivity contribution < 1.29 is 9.94 Å². The van der Waals surface area contributed by atoms with Gasteiger partial charge in [-0.3, -0.25) is 0 Å². The quantitative estimate of drug-likeness (QED) is 0.215. The number of amidine groups is 1. The van der Waals surface area contributed by atoms with E-state index in [1.807, 2.05) is 11.8 Å². The number of oxime groups is 1. The first-order valence-electron chi connectivity index (χ1n) is 4.81. The Morgan fingerprint density at radius 3 is 2.86 bits per heavy atom. The fourth-order valence-electron chi connectivity index (χ4n) is 1.05. The molecule has 4 nitrogen and oxygen atoms in total. The first-order chi connectivity index (χ1) is 6.74. The van der Waals surface area contributed by atoms with Crippen molar-refractivity contribution >= 4 is 17.6 Å². The molecule has 0 aromatic heterocycles. The van der Waals surface area contributed by atoms with Gasteiger partial charge in [0.1, 0.15) is 5.84 Å². The van der Waals surface area contributed by atoms with E-state index in [9.17, 15) is 0 Å². The second-order valence-corrected chi connectivity index (χ2v) is 4.45. The van der Waals surface area contributed by atoms with Gasteiger partial charge in [0.05, 0.1) is 0 Å². The minimum Gasteiger partial charge on any atom is -0.409 e. The van der Waals surface area contributed by atoms with Gasteiger partial charge in [0, 0.05) is 25.4 Å². The van der Waals surface area contributed by atoms with Gasteiger partial charge >= 0.3 is 0 Å². The van der Waals surface area contributed by atoms with Crippen LogP contribution < -0.4 is 5.73 Å². The third kappa shape index (κ3) is 7.03. The molecule has 0 bridgehead atoms. The predicted molar refractivity (Wildman–Crippen MR) is 61.1 cm³/mol. The maximum atomic E-state index is 8.42. The number of rotatable bonds is 8. The van der Waals surface area contributed by atoms with E-state index in [2.05, 4.69) is 12.1 Å². The molecule has 14 heavy (non-hydrogen) atoms. The third-order valence-electron chi connectivity index (χ3n) is 1.87. The standard InChI is InChI=1S/C9H20N2O2S/c1-3-8(7-9(10)11-12)14-6-4-5-13-2/h8,12H,3-7H2,1-2H3,(H2,10,11). The summed E-state index contributed by atoms with van der Waals surface area (Å²) in [6.07, 6.45) is 2.74. The normalized spacial score (nSPS) is 14.3. The lowest BCUT2D eigenvalue weighted by atomic mass is 10.2.